The predicted octanol–water partition coefficient (Wildman–Crippen LogP) is 2.75. The molecule has 116 valence electrons. The smallest absolute Gasteiger partial charge is 0.309 e. The number of benzene rings is 1. The van der Waals surface area contributed by atoms with Crippen LogP contribution in [0.2, 0.25) is 0 Å². The number of hydrogen-bond acceptors (Lipinski definition) is 3. The third-order valence-corrected chi connectivity index (χ3v) is 3.72. The number of carboxylic acid groups (broad SMARTS) is 1. The molecule has 5 nitrogen and oxygen atoms in total. The third-order valence-electron chi connectivity index (χ3n) is 3.72. The topological polar surface area (TPSA) is 68.5 Å². The maximum atomic E-state index is 12.4. The molecule has 0 atom stereocenters. The van der Waals surface area contributed by atoms with Crippen molar-refractivity contribution in [3.05, 3.63) is 40.2 Å². The zero-order chi connectivity index (χ0) is 15.9. The number of rotatable bonds is 5. The Balaban J connectivity index is 2.31. The number of fused-ring (bicyclic) bond motifs is 1. The van der Waals surface area contributed by atoms with Gasteiger partial charge in [0.05, 0.1) is 18.0 Å². The van der Waals surface area contributed by atoms with Crippen LogP contribution >= 0.6 is 0 Å². The summed E-state index contributed by atoms with van der Waals surface area (Å²) >= 11 is 0. The van der Waals surface area contributed by atoms with E-state index in [-0.39, 0.29) is 24.0 Å². The Morgan fingerprint density at radius 1 is 1.41 bits per heavy atom. The molecule has 0 unspecified atom stereocenters. The van der Waals surface area contributed by atoms with Crippen LogP contribution in [0, 0.1) is 0 Å². The molecule has 2 aromatic rings. The van der Waals surface area contributed by atoms with Crippen LogP contribution in [-0.2, 0) is 11.2 Å². The summed E-state index contributed by atoms with van der Waals surface area (Å²) in [6.07, 6.45) is 1.83. The monoisotopic (exact) mass is 301 g/mol. The van der Waals surface area contributed by atoms with Crippen molar-refractivity contribution < 1.29 is 14.6 Å². The van der Waals surface area contributed by atoms with Crippen molar-refractivity contribution in [1.82, 2.24) is 4.57 Å². The Morgan fingerprint density at radius 2 is 2.14 bits per heavy atom. The molecule has 1 saturated carbocycles. The highest BCUT2D eigenvalue weighted by molar-refractivity contribution is 5.86. The molecular weight excluding hydrogens is 282 g/mol. The third kappa shape index (κ3) is 2.71. The number of aliphatic carboxylic acids is 1. The molecule has 0 bridgehead atoms. The fraction of sp³-hybridized carbons (Fsp3) is 0.412. The van der Waals surface area contributed by atoms with E-state index < -0.39 is 5.97 Å². The van der Waals surface area contributed by atoms with Crippen molar-refractivity contribution in [2.45, 2.75) is 45.3 Å². The maximum absolute atomic E-state index is 12.4. The molecular formula is C17H19NO4. The van der Waals surface area contributed by atoms with Gasteiger partial charge in [0.15, 0.2) is 5.43 Å². The maximum Gasteiger partial charge on any atom is 0.309 e. The quantitative estimate of drug-likeness (QED) is 0.922. The highest BCUT2D eigenvalue weighted by atomic mass is 16.5. The molecule has 22 heavy (non-hydrogen) atoms. The lowest BCUT2D eigenvalue weighted by Gasteiger charge is -2.19. The van der Waals surface area contributed by atoms with Crippen LogP contribution in [0.4, 0.5) is 0 Å². The van der Waals surface area contributed by atoms with E-state index in [0.717, 1.165) is 18.4 Å². The van der Waals surface area contributed by atoms with Gasteiger partial charge in [0.1, 0.15) is 5.75 Å². The standard InChI is InChI=1S/C17H19NO4/c1-10(2)22-15-5-3-4-13-14(19)8-12(9-16(20)21)18(17(13)15)11-6-7-11/h3-5,8,10-11H,6-7,9H2,1-2H3,(H,20,21). The van der Waals surface area contributed by atoms with E-state index in [1.807, 2.05) is 24.5 Å². The lowest BCUT2D eigenvalue weighted by molar-refractivity contribution is -0.136. The normalized spacial score (nSPS) is 14.5. The number of ether oxygens (including phenoxy) is 1. The van der Waals surface area contributed by atoms with Gasteiger partial charge in [-0.3, -0.25) is 9.59 Å². The first-order valence-electron chi connectivity index (χ1n) is 7.53. The fourth-order valence-electron chi connectivity index (χ4n) is 2.80. The summed E-state index contributed by atoms with van der Waals surface area (Å²) in [7, 11) is 0. The van der Waals surface area contributed by atoms with Crippen LogP contribution in [0.1, 0.15) is 38.4 Å². The summed E-state index contributed by atoms with van der Waals surface area (Å²) in [4.78, 5) is 23.5. The number of carbonyl (C=O) groups is 1. The molecule has 0 aliphatic heterocycles. The highest BCUT2D eigenvalue weighted by Gasteiger charge is 2.29. The first-order valence-corrected chi connectivity index (χ1v) is 7.53. The van der Waals surface area contributed by atoms with Gasteiger partial charge in [-0.2, -0.15) is 0 Å². The Hall–Kier alpha value is -2.30. The Labute approximate surface area is 128 Å². The second-order valence-electron chi connectivity index (χ2n) is 5.99. The zero-order valence-corrected chi connectivity index (χ0v) is 12.7. The van der Waals surface area contributed by atoms with Gasteiger partial charge in [0.2, 0.25) is 0 Å². The minimum absolute atomic E-state index is 0.0171. The molecule has 3 rings (SSSR count). The molecule has 5 heteroatoms. The molecule has 0 amide bonds. The first-order chi connectivity index (χ1) is 10.5. The molecule has 1 aromatic carbocycles. The van der Waals surface area contributed by atoms with Gasteiger partial charge in [-0.05, 0) is 38.8 Å². The van der Waals surface area contributed by atoms with E-state index in [4.69, 9.17) is 9.84 Å². The van der Waals surface area contributed by atoms with E-state index in [0.29, 0.717) is 16.8 Å². The molecule has 0 spiro atoms. The van der Waals surface area contributed by atoms with Gasteiger partial charge in [0.25, 0.3) is 0 Å². The van der Waals surface area contributed by atoms with E-state index >= 15 is 0 Å². The van der Waals surface area contributed by atoms with Crippen molar-refractivity contribution in [1.29, 1.82) is 0 Å². The SMILES string of the molecule is CC(C)Oc1cccc2c(=O)cc(CC(=O)O)n(C3CC3)c12. The van der Waals surface area contributed by atoms with Crippen LogP contribution in [0.15, 0.2) is 29.1 Å². The second kappa shape index (κ2) is 5.48. The van der Waals surface area contributed by atoms with Gasteiger partial charge in [-0.1, -0.05) is 6.07 Å². The molecule has 1 fully saturated rings. The molecule has 0 saturated heterocycles. The van der Waals surface area contributed by atoms with Crippen LogP contribution < -0.4 is 10.2 Å². The van der Waals surface area contributed by atoms with Gasteiger partial charge < -0.3 is 14.4 Å². The molecule has 1 aromatic heterocycles. The van der Waals surface area contributed by atoms with Crippen LogP contribution in [0.3, 0.4) is 0 Å². The number of hydrogen-bond donors (Lipinski definition) is 1. The summed E-state index contributed by atoms with van der Waals surface area (Å²) in [5.41, 5.74) is 1.12. The van der Waals surface area contributed by atoms with E-state index in [2.05, 4.69) is 0 Å². The zero-order valence-electron chi connectivity index (χ0n) is 12.7. The summed E-state index contributed by atoms with van der Waals surface area (Å²) in [6, 6.07) is 7.12. The van der Waals surface area contributed by atoms with E-state index in [1.165, 1.54) is 6.07 Å². The number of pyridine rings is 1. The Bertz CT molecular complexity index is 787. The van der Waals surface area contributed by atoms with Crippen molar-refractivity contribution in [3.8, 4) is 5.75 Å². The van der Waals surface area contributed by atoms with Gasteiger partial charge in [-0.15, -0.1) is 0 Å². The average Bonchev–Trinajstić information content (AvgIpc) is 3.23. The molecule has 1 heterocycles. The highest BCUT2D eigenvalue weighted by Crippen LogP contribution is 2.40. The van der Waals surface area contributed by atoms with Crippen LogP contribution in [0.25, 0.3) is 10.9 Å². The summed E-state index contributed by atoms with van der Waals surface area (Å²) < 4.78 is 7.84. The predicted molar refractivity (Wildman–Crippen MR) is 83.6 cm³/mol. The number of para-hydroxylation sites is 1. The van der Waals surface area contributed by atoms with Crippen molar-refractivity contribution in [2.24, 2.45) is 0 Å². The average molecular weight is 301 g/mol. The molecule has 1 aliphatic carbocycles. The fourth-order valence-corrected chi connectivity index (χ4v) is 2.80. The summed E-state index contributed by atoms with van der Waals surface area (Å²) in [5, 5.41) is 9.71. The molecule has 1 N–H and O–H groups in total. The number of carboxylic acids is 1. The van der Waals surface area contributed by atoms with Gasteiger partial charge in [-0.25, -0.2) is 0 Å². The second-order valence-corrected chi connectivity index (χ2v) is 5.99. The van der Waals surface area contributed by atoms with Crippen molar-refractivity contribution >= 4 is 16.9 Å². The van der Waals surface area contributed by atoms with Gasteiger partial charge >= 0.3 is 5.97 Å². The van der Waals surface area contributed by atoms with Crippen LogP contribution in [0.5, 0.6) is 5.75 Å². The summed E-state index contributed by atoms with van der Waals surface area (Å²) in [5.74, 6) is -0.292. The first kappa shape index (κ1) is 14.6. The van der Waals surface area contributed by atoms with Gasteiger partial charge in [0, 0.05) is 23.2 Å². The minimum Gasteiger partial charge on any atom is -0.489 e. The lowest BCUT2D eigenvalue weighted by Crippen LogP contribution is -2.18. The van der Waals surface area contributed by atoms with Crippen molar-refractivity contribution in [2.75, 3.05) is 0 Å². The lowest BCUT2D eigenvalue weighted by atomic mass is 10.1. The Kier molecular flexibility index (Phi) is 3.64. The van der Waals surface area contributed by atoms with E-state index in [1.54, 1.807) is 12.1 Å². The van der Waals surface area contributed by atoms with E-state index in [9.17, 15) is 9.59 Å². The number of nitrogens with zero attached hydrogens (tertiary/aromatic N) is 1. The summed E-state index contributed by atoms with van der Waals surface area (Å²) in [6.45, 7) is 3.86. The van der Waals surface area contributed by atoms with Crippen molar-refractivity contribution in [3.63, 3.8) is 0 Å². The Morgan fingerprint density at radius 3 is 2.73 bits per heavy atom. The molecule has 0 radical (unpaired) electrons. The number of aromatic nitrogens is 1. The van der Waals surface area contributed by atoms with Crippen LogP contribution in [-0.4, -0.2) is 21.7 Å². The minimum atomic E-state index is -0.935. The largest absolute Gasteiger partial charge is 0.489 e. The molecule has 1 aliphatic rings.